The number of rotatable bonds is 4. The van der Waals surface area contributed by atoms with Crippen molar-refractivity contribution in [3.05, 3.63) is 29.8 Å². The second-order valence-corrected chi connectivity index (χ2v) is 6.80. The molecule has 6 heteroatoms. The van der Waals surface area contributed by atoms with E-state index in [0.29, 0.717) is 23.8 Å². The molecule has 0 bridgehead atoms. The van der Waals surface area contributed by atoms with Gasteiger partial charge in [-0.1, -0.05) is 19.3 Å². The fourth-order valence-electron chi connectivity index (χ4n) is 3.70. The van der Waals surface area contributed by atoms with Crippen LogP contribution in [-0.4, -0.2) is 42.4 Å². The van der Waals surface area contributed by atoms with Crippen molar-refractivity contribution in [2.45, 2.75) is 44.6 Å². The minimum atomic E-state index is -0.414. The zero-order chi connectivity index (χ0) is 17.8. The van der Waals surface area contributed by atoms with Crippen molar-refractivity contribution in [2.75, 3.05) is 19.0 Å². The summed E-state index contributed by atoms with van der Waals surface area (Å²) in [6, 6.07) is 6.85. The van der Waals surface area contributed by atoms with E-state index in [-0.39, 0.29) is 24.2 Å². The Morgan fingerprint density at radius 3 is 2.44 bits per heavy atom. The van der Waals surface area contributed by atoms with Crippen LogP contribution in [0.2, 0.25) is 0 Å². The number of esters is 1. The van der Waals surface area contributed by atoms with Crippen LogP contribution >= 0.6 is 0 Å². The van der Waals surface area contributed by atoms with Crippen molar-refractivity contribution in [1.82, 2.24) is 4.90 Å². The first-order chi connectivity index (χ1) is 12.1. The predicted molar refractivity (Wildman–Crippen MR) is 93.1 cm³/mol. The van der Waals surface area contributed by atoms with Gasteiger partial charge in [-0.2, -0.15) is 0 Å². The molecule has 3 rings (SSSR count). The molecule has 2 fully saturated rings. The summed E-state index contributed by atoms with van der Waals surface area (Å²) < 4.78 is 4.65. The lowest BCUT2D eigenvalue weighted by Gasteiger charge is -2.31. The van der Waals surface area contributed by atoms with Gasteiger partial charge >= 0.3 is 5.97 Å². The summed E-state index contributed by atoms with van der Waals surface area (Å²) >= 11 is 0. The van der Waals surface area contributed by atoms with Gasteiger partial charge in [-0.3, -0.25) is 9.59 Å². The fraction of sp³-hybridized carbons (Fsp3) is 0.526. The Bertz CT molecular complexity index is 650. The maximum Gasteiger partial charge on any atom is 0.337 e. The zero-order valence-corrected chi connectivity index (χ0v) is 14.5. The lowest BCUT2D eigenvalue weighted by Crippen LogP contribution is -2.38. The summed E-state index contributed by atoms with van der Waals surface area (Å²) in [6.45, 7) is 0.510. The maximum absolute atomic E-state index is 12.5. The summed E-state index contributed by atoms with van der Waals surface area (Å²) in [5.41, 5.74) is 1.04. The highest BCUT2D eigenvalue weighted by atomic mass is 16.5. The van der Waals surface area contributed by atoms with Crippen molar-refractivity contribution in [1.29, 1.82) is 0 Å². The van der Waals surface area contributed by atoms with E-state index >= 15 is 0 Å². The quantitative estimate of drug-likeness (QED) is 0.852. The molecule has 1 atom stereocenters. The molecular weight excluding hydrogens is 320 g/mol. The maximum atomic E-state index is 12.5. The van der Waals surface area contributed by atoms with Crippen LogP contribution in [0, 0.1) is 5.92 Å². The molecule has 0 radical (unpaired) electrons. The molecule has 1 aromatic carbocycles. The molecule has 6 nitrogen and oxygen atoms in total. The molecule has 1 unspecified atom stereocenters. The first-order valence-corrected chi connectivity index (χ1v) is 8.87. The van der Waals surface area contributed by atoms with Gasteiger partial charge in [-0.05, 0) is 37.1 Å². The van der Waals surface area contributed by atoms with Crippen LogP contribution < -0.4 is 5.32 Å². The number of likely N-dealkylation sites (tertiary alicyclic amines) is 1. The van der Waals surface area contributed by atoms with E-state index in [2.05, 4.69) is 10.1 Å². The third-order valence-electron chi connectivity index (χ3n) is 5.12. The van der Waals surface area contributed by atoms with Crippen molar-refractivity contribution in [3.63, 3.8) is 0 Å². The number of nitrogens with one attached hydrogen (secondary N) is 1. The minimum absolute atomic E-state index is 0.0908. The van der Waals surface area contributed by atoms with Gasteiger partial charge in [0.05, 0.1) is 18.6 Å². The number of methoxy groups -OCH3 is 1. The molecule has 134 valence electrons. The number of hydrogen-bond donors (Lipinski definition) is 1. The number of amides is 2. The molecule has 0 aromatic heterocycles. The van der Waals surface area contributed by atoms with E-state index in [1.165, 1.54) is 13.5 Å². The third kappa shape index (κ3) is 4.00. The first kappa shape index (κ1) is 17.5. The van der Waals surface area contributed by atoms with Crippen LogP contribution in [0.25, 0.3) is 0 Å². The van der Waals surface area contributed by atoms with Crippen LogP contribution in [-0.2, 0) is 14.3 Å². The second-order valence-electron chi connectivity index (χ2n) is 6.80. The van der Waals surface area contributed by atoms with E-state index in [1.807, 2.05) is 4.90 Å². The SMILES string of the molecule is COC(=O)c1ccc(NC(=O)C2CC(=O)N(C3CCCCC3)C2)cc1. The average Bonchev–Trinajstić information content (AvgIpc) is 3.04. The number of hydrogen-bond acceptors (Lipinski definition) is 4. The van der Waals surface area contributed by atoms with Gasteiger partial charge < -0.3 is 15.0 Å². The highest BCUT2D eigenvalue weighted by Crippen LogP contribution is 2.29. The van der Waals surface area contributed by atoms with Gasteiger partial charge in [-0.25, -0.2) is 4.79 Å². The Labute approximate surface area is 147 Å². The lowest BCUT2D eigenvalue weighted by molar-refractivity contribution is -0.130. The largest absolute Gasteiger partial charge is 0.465 e. The van der Waals surface area contributed by atoms with E-state index in [4.69, 9.17) is 0 Å². The first-order valence-electron chi connectivity index (χ1n) is 8.87. The number of benzene rings is 1. The Kier molecular flexibility index (Phi) is 5.36. The summed E-state index contributed by atoms with van der Waals surface area (Å²) in [6.07, 6.45) is 5.95. The Morgan fingerprint density at radius 2 is 1.80 bits per heavy atom. The smallest absolute Gasteiger partial charge is 0.337 e. The number of anilines is 1. The standard InChI is InChI=1S/C19H24N2O4/c1-25-19(24)13-7-9-15(10-8-13)20-18(23)14-11-17(22)21(12-14)16-5-3-2-4-6-16/h7-10,14,16H,2-6,11-12H2,1H3,(H,20,23). The van der Waals surface area contributed by atoms with Crippen LogP contribution in [0.4, 0.5) is 5.69 Å². The van der Waals surface area contributed by atoms with E-state index in [1.54, 1.807) is 24.3 Å². The van der Waals surface area contributed by atoms with E-state index in [9.17, 15) is 14.4 Å². The monoisotopic (exact) mass is 344 g/mol. The highest BCUT2D eigenvalue weighted by molar-refractivity contribution is 5.97. The minimum Gasteiger partial charge on any atom is -0.465 e. The highest BCUT2D eigenvalue weighted by Gasteiger charge is 2.38. The van der Waals surface area contributed by atoms with Crippen molar-refractivity contribution in [3.8, 4) is 0 Å². The van der Waals surface area contributed by atoms with Gasteiger partial charge in [0.1, 0.15) is 0 Å². The Hall–Kier alpha value is -2.37. The molecule has 0 spiro atoms. The van der Waals surface area contributed by atoms with Crippen LogP contribution in [0.15, 0.2) is 24.3 Å². The van der Waals surface area contributed by atoms with Crippen molar-refractivity contribution >= 4 is 23.5 Å². The van der Waals surface area contributed by atoms with E-state index < -0.39 is 5.97 Å². The zero-order valence-electron chi connectivity index (χ0n) is 14.5. The summed E-state index contributed by atoms with van der Waals surface area (Å²) in [5, 5.41) is 2.84. The third-order valence-corrected chi connectivity index (χ3v) is 5.12. The number of nitrogens with zero attached hydrogens (tertiary/aromatic N) is 1. The van der Waals surface area contributed by atoms with Gasteiger partial charge in [-0.15, -0.1) is 0 Å². The van der Waals surface area contributed by atoms with Crippen LogP contribution in [0.5, 0.6) is 0 Å². The Morgan fingerprint density at radius 1 is 1.12 bits per heavy atom. The lowest BCUT2D eigenvalue weighted by atomic mass is 9.94. The van der Waals surface area contributed by atoms with Crippen LogP contribution in [0.3, 0.4) is 0 Å². The average molecular weight is 344 g/mol. The number of carbonyl (C=O) groups is 3. The van der Waals surface area contributed by atoms with Gasteiger partial charge in [0, 0.05) is 24.7 Å². The normalized spacial score (nSPS) is 21.2. The van der Waals surface area contributed by atoms with Gasteiger partial charge in [0.15, 0.2) is 0 Å². The molecule has 2 amide bonds. The Balaban J connectivity index is 1.58. The van der Waals surface area contributed by atoms with Gasteiger partial charge in [0.2, 0.25) is 11.8 Å². The molecule has 25 heavy (non-hydrogen) atoms. The predicted octanol–water partition coefficient (Wildman–Crippen LogP) is 2.59. The molecule has 1 heterocycles. The van der Waals surface area contributed by atoms with Crippen molar-refractivity contribution < 1.29 is 19.1 Å². The topological polar surface area (TPSA) is 75.7 Å². The molecule has 1 saturated carbocycles. The summed E-state index contributed by atoms with van der Waals surface area (Å²) in [4.78, 5) is 38.1. The molecule has 1 aromatic rings. The molecule has 1 N–H and O–H groups in total. The van der Waals surface area contributed by atoms with E-state index in [0.717, 1.165) is 25.7 Å². The molecule has 1 aliphatic heterocycles. The summed E-state index contributed by atoms with van der Waals surface area (Å²) in [7, 11) is 1.33. The molecule has 2 aliphatic rings. The summed E-state index contributed by atoms with van der Waals surface area (Å²) in [5.74, 6) is -0.775. The van der Waals surface area contributed by atoms with Gasteiger partial charge in [0.25, 0.3) is 0 Å². The number of carbonyl (C=O) groups excluding carboxylic acids is 3. The van der Waals surface area contributed by atoms with Crippen LogP contribution in [0.1, 0.15) is 48.9 Å². The molecular formula is C19H24N2O4. The fourth-order valence-corrected chi connectivity index (χ4v) is 3.70. The second kappa shape index (κ2) is 7.68. The molecule has 1 saturated heterocycles. The number of ether oxygens (including phenoxy) is 1. The molecule has 1 aliphatic carbocycles. The van der Waals surface area contributed by atoms with Crippen molar-refractivity contribution in [2.24, 2.45) is 5.92 Å².